The summed E-state index contributed by atoms with van der Waals surface area (Å²) in [5.74, 6) is -0.746. The van der Waals surface area contributed by atoms with Gasteiger partial charge in [-0.15, -0.1) is 0 Å². The van der Waals surface area contributed by atoms with E-state index >= 15 is 0 Å². The number of nitrogens with one attached hydrogen (secondary N) is 2. The third-order valence-electron chi connectivity index (χ3n) is 5.13. The first kappa shape index (κ1) is 25.9. The van der Waals surface area contributed by atoms with E-state index in [1.165, 1.54) is 4.31 Å². The van der Waals surface area contributed by atoms with Crippen LogP contribution in [0.3, 0.4) is 0 Å². The largest absolute Gasteiger partial charge is 0.361 e. The Morgan fingerprint density at radius 3 is 2.59 bits per heavy atom. The van der Waals surface area contributed by atoms with Crippen LogP contribution in [0.4, 0.5) is 5.82 Å². The maximum Gasteiger partial charge on any atom is 0.243 e. The number of pyridine rings is 1. The fourth-order valence-electron chi connectivity index (χ4n) is 3.47. The molecule has 1 aliphatic rings. The van der Waals surface area contributed by atoms with Gasteiger partial charge in [0.25, 0.3) is 0 Å². The quantitative estimate of drug-likeness (QED) is 0.229. The van der Waals surface area contributed by atoms with Gasteiger partial charge in [-0.05, 0) is 19.1 Å². The normalized spacial score (nSPS) is 16.6. The minimum atomic E-state index is -3.86. The van der Waals surface area contributed by atoms with Crippen LogP contribution < -0.4 is 21.3 Å². The Kier molecular flexibility index (Phi) is 8.88. The highest BCUT2D eigenvalue weighted by molar-refractivity contribution is 7.89. The average molecular weight is 512 g/mol. The van der Waals surface area contributed by atoms with Gasteiger partial charge in [-0.25, -0.2) is 13.4 Å². The van der Waals surface area contributed by atoms with Crippen LogP contribution in [-0.2, 0) is 26.0 Å². The number of hydrogen-bond donors (Lipinski definition) is 4. The minimum Gasteiger partial charge on any atom is -0.361 e. The number of nitrogens with two attached hydrogens (primary N) is 1. The Morgan fingerprint density at radius 1 is 1.26 bits per heavy atom. The Morgan fingerprint density at radius 2 is 2.00 bits per heavy atom. The number of anilines is 1. The molecule has 3 heterocycles. The van der Waals surface area contributed by atoms with Crippen LogP contribution in [0, 0.1) is 6.92 Å². The summed E-state index contributed by atoms with van der Waals surface area (Å²) in [7, 11) is -3.86. The van der Waals surface area contributed by atoms with Gasteiger partial charge in [0.05, 0.1) is 23.2 Å². The molecule has 0 bridgehead atoms. The van der Waals surface area contributed by atoms with Gasteiger partial charge in [0.1, 0.15) is 17.6 Å². The number of amides is 2. The molecule has 0 aliphatic carbocycles. The molecule has 12 nitrogen and oxygen atoms in total. The molecule has 1 saturated heterocycles. The van der Waals surface area contributed by atoms with E-state index in [4.69, 9.17) is 10.3 Å². The van der Waals surface area contributed by atoms with Crippen molar-refractivity contribution < 1.29 is 22.5 Å². The minimum absolute atomic E-state index is 0.0123. The molecular weight excluding hydrogens is 482 g/mol. The van der Waals surface area contributed by atoms with Crippen molar-refractivity contribution in [2.45, 2.75) is 24.8 Å². The van der Waals surface area contributed by atoms with Gasteiger partial charge >= 0.3 is 0 Å². The summed E-state index contributed by atoms with van der Waals surface area (Å²) < 4.78 is 32.6. The number of piperazine rings is 1. The number of sulfonamides is 1. The molecule has 3 rings (SSSR count). The Hall–Kier alpha value is -2.68. The van der Waals surface area contributed by atoms with Crippen LogP contribution >= 0.6 is 12.6 Å². The Labute approximate surface area is 203 Å². The average Bonchev–Trinajstić information content (AvgIpc) is 3.21. The SMILES string of the molecule is Cc1cc(CC(=O)N[C@@H](CS(=O)(=O)N2CCN(c3ccccn3)CC2)C(=O)NCC(N)S)on1. The topological polar surface area (TPSA) is 164 Å². The van der Waals surface area contributed by atoms with Crippen molar-refractivity contribution in [1.29, 1.82) is 0 Å². The lowest BCUT2D eigenvalue weighted by Crippen LogP contribution is -2.56. The van der Waals surface area contributed by atoms with Crippen molar-refractivity contribution in [3.63, 3.8) is 0 Å². The van der Waals surface area contributed by atoms with E-state index in [1.54, 1.807) is 19.2 Å². The second-order valence-electron chi connectivity index (χ2n) is 7.90. The summed E-state index contributed by atoms with van der Waals surface area (Å²) in [4.78, 5) is 31.5. The molecule has 14 heteroatoms. The van der Waals surface area contributed by atoms with Gasteiger partial charge in [0, 0.05) is 45.0 Å². The van der Waals surface area contributed by atoms with Crippen molar-refractivity contribution in [3.8, 4) is 0 Å². The van der Waals surface area contributed by atoms with Gasteiger partial charge in [0.2, 0.25) is 21.8 Å². The molecule has 0 spiro atoms. The van der Waals surface area contributed by atoms with E-state index in [0.29, 0.717) is 24.5 Å². The number of hydrogen-bond acceptors (Lipinski definition) is 10. The standard InChI is InChI=1S/C20H29N7O5S2/c1-14-10-15(32-25-14)11-19(28)24-16(20(29)23-12-17(21)33)13-34(30,31)27-8-6-26(7-9-27)18-4-2-3-5-22-18/h2-5,10,16-17,33H,6-9,11-13,21H2,1H3,(H,23,29)(H,24,28)/t16-,17?/m0/s1. The highest BCUT2D eigenvalue weighted by atomic mass is 32.2. The zero-order valence-corrected chi connectivity index (χ0v) is 20.5. The number of nitrogens with zero attached hydrogens (tertiary/aromatic N) is 4. The monoisotopic (exact) mass is 511 g/mol. The van der Waals surface area contributed by atoms with Crippen LogP contribution in [0.25, 0.3) is 0 Å². The lowest BCUT2D eigenvalue weighted by molar-refractivity contribution is -0.128. The molecule has 4 N–H and O–H groups in total. The van der Waals surface area contributed by atoms with Crippen molar-refractivity contribution >= 4 is 40.3 Å². The van der Waals surface area contributed by atoms with Crippen LogP contribution in [0.1, 0.15) is 11.5 Å². The molecule has 2 aromatic rings. The Balaban J connectivity index is 1.64. The number of carbonyl (C=O) groups is 2. The molecule has 34 heavy (non-hydrogen) atoms. The predicted molar refractivity (Wildman–Crippen MR) is 129 cm³/mol. The maximum atomic E-state index is 13.1. The lowest BCUT2D eigenvalue weighted by atomic mass is 10.2. The first-order chi connectivity index (χ1) is 16.1. The number of aromatic nitrogens is 2. The molecular formula is C20H29N7O5S2. The molecule has 1 unspecified atom stereocenters. The van der Waals surface area contributed by atoms with Crippen molar-refractivity contribution in [1.82, 2.24) is 25.1 Å². The number of aryl methyl sites for hydroxylation is 1. The van der Waals surface area contributed by atoms with Crippen LogP contribution in [0.5, 0.6) is 0 Å². The Bertz CT molecular complexity index is 1070. The van der Waals surface area contributed by atoms with Gasteiger partial charge in [0.15, 0.2) is 0 Å². The van der Waals surface area contributed by atoms with E-state index < -0.39 is 39.0 Å². The van der Waals surface area contributed by atoms with E-state index in [1.807, 2.05) is 23.1 Å². The molecule has 0 radical (unpaired) electrons. The zero-order valence-electron chi connectivity index (χ0n) is 18.8. The summed E-state index contributed by atoms with van der Waals surface area (Å²) in [5.41, 5.74) is 6.16. The van der Waals surface area contributed by atoms with Gasteiger partial charge in [-0.2, -0.15) is 16.9 Å². The molecule has 2 atom stereocenters. The molecule has 0 aromatic carbocycles. The molecule has 1 fully saturated rings. The third-order valence-corrected chi connectivity index (χ3v) is 7.22. The predicted octanol–water partition coefficient (Wildman–Crippen LogP) is -1.11. The fourth-order valence-corrected chi connectivity index (χ4v) is 5.14. The smallest absolute Gasteiger partial charge is 0.243 e. The summed E-state index contributed by atoms with van der Waals surface area (Å²) in [5, 5.41) is 8.10. The number of thiol groups is 1. The van der Waals surface area contributed by atoms with Crippen molar-refractivity contribution in [3.05, 3.63) is 41.9 Å². The van der Waals surface area contributed by atoms with Crippen LogP contribution in [-0.4, -0.2) is 84.6 Å². The second kappa shape index (κ2) is 11.6. The number of rotatable bonds is 10. The first-order valence-electron chi connectivity index (χ1n) is 10.7. The zero-order chi connectivity index (χ0) is 24.7. The molecule has 2 amide bonds. The molecule has 186 valence electrons. The fraction of sp³-hybridized carbons (Fsp3) is 0.500. The van der Waals surface area contributed by atoms with Gasteiger partial charge in [-0.3, -0.25) is 9.59 Å². The highest BCUT2D eigenvalue weighted by Gasteiger charge is 2.33. The molecule has 0 saturated carbocycles. The molecule has 1 aliphatic heterocycles. The second-order valence-corrected chi connectivity index (χ2v) is 10.6. The summed E-state index contributed by atoms with van der Waals surface area (Å²) in [6, 6.07) is 5.82. The van der Waals surface area contributed by atoms with Crippen molar-refractivity contribution in [2.24, 2.45) is 5.73 Å². The van der Waals surface area contributed by atoms with E-state index in [0.717, 1.165) is 5.82 Å². The maximum absolute atomic E-state index is 13.1. The van der Waals surface area contributed by atoms with Crippen molar-refractivity contribution in [2.75, 3.05) is 43.4 Å². The highest BCUT2D eigenvalue weighted by Crippen LogP contribution is 2.15. The summed E-state index contributed by atoms with van der Waals surface area (Å²) >= 11 is 4.01. The van der Waals surface area contributed by atoms with Gasteiger partial charge < -0.3 is 25.8 Å². The summed E-state index contributed by atoms with van der Waals surface area (Å²) in [6.45, 7) is 3.11. The third kappa shape index (κ3) is 7.41. The van der Waals surface area contributed by atoms with Crippen LogP contribution in [0.15, 0.2) is 35.0 Å². The van der Waals surface area contributed by atoms with E-state index in [2.05, 4.69) is 33.4 Å². The van der Waals surface area contributed by atoms with E-state index in [-0.39, 0.29) is 26.1 Å². The van der Waals surface area contributed by atoms with Gasteiger partial charge in [-0.1, -0.05) is 11.2 Å². The van der Waals surface area contributed by atoms with Crippen LogP contribution in [0.2, 0.25) is 0 Å². The number of carbonyl (C=O) groups excluding carboxylic acids is 2. The molecule has 2 aromatic heterocycles. The van der Waals surface area contributed by atoms with E-state index in [9.17, 15) is 18.0 Å². The summed E-state index contributed by atoms with van der Waals surface area (Å²) in [6.07, 6.45) is 1.50. The lowest BCUT2D eigenvalue weighted by Gasteiger charge is -2.35. The first-order valence-corrected chi connectivity index (χ1v) is 12.8.